The molecular formula is C22H32N4O3. The first-order valence-electron chi connectivity index (χ1n) is 10.5. The van der Waals surface area contributed by atoms with Crippen molar-refractivity contribution in [1.29, 1.82) is 0 Å². The minimum atomic E-state index is -0.122. The number of piperazine rings is 1. The Balaban J connectivity index is 1.62. The summed E-state index contributed by atoms with van der Waals surface area (Å²) in [6.45, 7) is 5.23. The topological polar surface area (TPSA) is 65.1 Å². The molecule has 7 nitrogen and oxygen atoms in total. The standard InChI is InChI=1S/C22H32N4O3/c1-22-7-9-24(2)18(11-15-5-6-16(29-4)12-17(15)22)21(22)25(3)20(28)14-26-10-8-23-19(27)13-26/h5-6,12,18,21H,7-11,13-14H2,1-4H3,(H,23,27)/t18-,21+,22+/m1/s1. The van der Waals surface area contributed by atoms with Gasteiger partial charge in [-0.05, 0) is 49.7 Å². The lowest BCUT2D eigenvalue weighted by Crippen LogP contribution is -2.68. The predicted molar refractivity (Wildman–Crippen MR) is 111 cm³/mol. The summed E-state index contributed by atoms with van der Waals surface area (Å²) in [4.78, 5) is 31.2. The Kier molecular flexibility index (Phi) is 5.29. The lowest BCUT2D eigenvalue weighted by atomic mass is 9.61. The van der Waals surface area contributed by atoms with Gasteiger partial charge in [-0.3, -0.25) is 14.5 Å². The monoisotopic (exact) mass is 400 g/mol. The molecule has 2 heterocycles. The number of nitrogens with one attached hydrogen (secondary N) is 1. The normalized spacial score (nSPS) is 29.7. The van der Waals surface area contributed by atoms with E-state index in [9.17, 15) is 9.59 Å². The maximum Gasteiger partial charge on any atom is 0.236 e. The Morgan fingerprint density at radius 1 is 1.38 bits per heavy atom. The number of likely N-dealkylation sites (tertiary alicyclic amines) is 1. The van der Waals surface area contributed by atoms with E-state index in [1.54, 1.807) is 7.11 Å². The van der Waals surface area contributed by atoms with Crippen LogP contribution >= 0.6 is 0 Å². The van der Waals surface area contributed by atoms with Gasteiger partial charge in [-0.2, -0.15) is 0 Å². The number of rotatable bonds is 4. The number of ether oxygens (including phenoxy) is 1. The van der Waals surface area contributed by atoms with Gasteiger partial charge in [0.2, 0.25) is 11.8 Å². The van der Waals surface area contributed by atoms with Gasteiger partial charge in [-0.15, -0.1) is 0 Å². The predicted octanol–water partition coefficient (Wildman–Crippen LogP) is 0.472. The van der Waals surface area contributed by atoms with Crippen molar-refractivity contribution < 1.29 is 14.3 Å². The maximum atomic E-state index is 13.2. The van der Waals surface area contributed by atoms with Crippen LogP contribution in [0.2, 0.25) is 0 Å². The van der Waals surface area contributed by atoms with Gasteiger partial charge in [0.05, 0.1) is 26.2 Å². The molecule has 2 fully saturated rings. The Morgan fingerprint density at radius 3 is 2.90 bits per heavy atom. The molecule has 3 atom stereocenters. The van der Waals surface area contributed by atoms with E-state index >= 15 is 0 Å². The second-order valence-corrected chi connectivity index (χ2v) is 8.95. The maximum absolute atomic E-state index is 13.2. The van der Waals surface area contributed by atoms with Crippen LogP contribution in [0.5, 0.6) is 5.75 Å². The van der Waals surface area contributed by atoms with E-state index in [1.807, 2.05) is 22.9 Å². The third kappa shape index (κ3) is 3.51. The summed E-state index contributed by atoms with van der Waals surface area (Å²) in [5, 5.41) is 2.82. The van der Waals surface area contributed by atoms with E-state index < -0.39 is 0 Å². The number of likely N-dealkylation sites (N-methyl/N-ethyl adjacent to an activating group) is 2. The van der Waals surface area contributed by atoms with Crippen LogP contribution in [-0.4, -0.2) is 92.5 Å². The average molecular weight is 401 g/mol. The van der Waals surface area contributed by atoms with Crippen molar-refractivity contribution in [1.82, 2.24) is 20.0 Å². The summed E-state index contributed by atoms with van der Waals surface area (Å²) in [6.07, 6.45) is 1.92. The van der Waals surface area contributed by atoms with Gasteiger partial charge in [0.15, 0.2) is 0 Å². The zero-order chi connectivity index (χ0) is 20.8. The van der Waals surface area contributed by atoms with Crippen LogP contribution in [0.3, 0.4) is 0 Å². The number of carbonyl (C=O) groups excluding carboxylic acids is 2. The molecule has 1 N–H and O–H groups in total. The third-order valence-electron chi connectivity index (χ3n) is 7.22. The lowest BCUT2D eigenvalue weighted by Gasteiger charge is -2.57. The molecule has 0 radical (unpaired) electrons. The minimum Gasteiger partial charge on any atom is -0.497 e. The summed E-state index contributed by atoms with van der Waals surface area (Å²) in [7, 11) is 5.80. The fourth-order valence-corrected chi connectivity index (χ4v) is 5.54. The smallest absolute Gasteiger partial charge is 0.236 e. The SMILES string of the molecule is COc1ccc2c(c1)[C@]1(C)CCN(C)[C@H](C2)[C@@H]1N(C)C(=O)CN1CCNC(=O)C1. The Bertz CT molecular complexity index is 813. The molecule has 0 unspecified atom stereocenters. The van der Waals surface area contributed by atoms with Crippen LogP contribution in [0.4, 0.5) is 0 Å². The highest BCUT2D eigenvalue weighted by atomic mass is 16.5. The summed E-state index contributed by atoms with van der Waals surface area (Å²) >= 11 is 0. The lowest BCUT2D eigenvalue weighted by molar-refractivity contribution is -0.139. The first kappa shape index (κ1) is 20.2. The number of benzene rings is 1. The molecular weight excluding hydrogens is 368 g/mol. The van der Waals surface area contributed by atoms with E-state index in [4.69, 9.17) is 4.74 Å². The van der Waals surface area contributed by atoms with E-state index in [2.05, 4.69) is 36.3 Å². The molecule has 4 rings (SSSR count). The van der Waals surface area contributed by atoms with Gasteiger partial charge in [0.1, 0.15) is 5.75 Å². The molecule has 2 saturated heterocycles. The van der Waals surface area contributed by atoms with E-state index in [0.29, 0.717) is 13.1 Å². The third-order valence-corrected chi connectivity index (χ3v) is 7.22. The second kappa shape index (κ2) is 7.61. The number of carbonyl (C=O) groups is 2. The molecule has 0 spiro atoms. The van der Waals surface area contributed by atoms with Crippen molar-refractivity contribution in [2.45, 2.75) is 37.3 Å². The van der Waals surface area contributed by atoms with Crippen molar-refractivity contribution in [3.05, 3.63) is 29.3 Å². The van der Waals surface area contributed by atoms with Crippen LogP contribution in [0.25, 0.3) is 0 Å². The van der Waals surface area contributed by atoms with Gasteiger partial charge >= 0.3 is 0 Å². The molecule has 2 aliphatic heterocycles. The van der Waals surface area contributed by atoms with Crippen LogP contribution < -0.4 is 10.1 Å². The molecule has 1 aromatic rings. The molecule has 0 aromatic heterocycles. The highest BCUT2D eigenvalue weighted by Gasteiger charge is 2.52. The van der Waals surface area contributed by atoms with Crippen molar-refractivity contribution in [3.8, 4) is 5.75 Å². The largest absolute Gasteiger partial charge is 0.497 e. The highest BCUT2D eigenvalue weighted by molar-refractivity contribution is 5.82. The number of methoxy groups -OCH3 is 1. The summed E-state index contributed by atoms with van der Waals surface area (Å²) in [6, 6.07) is 6.76. The fraction of sp³-hybridized carbons (Fsp3) is 0.636. The molecule has 2 amide bonds. The first-order valence-corrected chi connectivity index (χ1v) is 10.5. The van der Waals surface area contributed by atoms with Crippen LogP contribution in [0, 0.1) is 0 Å². The van der Waals surface area contributed by atoms with Gasteiger partial charge in [0.25, 0.3) is 0 Å². The van der Waals surface area contributed by atoms with Gasteiger partial charge in [-0.1, -0.05) is 13.0 Å². The molecule has 0 saturated carbocycles. The summed E-state index contributed by atoms with van der Waals surface area (Å²) in [5.74, 6) is 0.950. The van der Waals surface area contributed by atoms with E-state index in [1.165, 1.54) is 11.1 Å². The summed E-state index contributed by atoms with van der Waals surface area (Å²) in [5.41, 5.74) is 2.54. The second-order valence-electron chi connectivity index (χ2n) is 8.95. The number of amides is 2. The van der Waals surface area contributed by atoms with Crippen LogP contribution in [0.15, 0.2) is 18.2 Å². The highest BCUT2D eigenvalue weighted by Crippen LogP contribution is 2.47. The Morgan fingerprint density at radius 2 is 2.17 bits per heavy atom. The zero-order valence-corrected chi connectivity index (χ0v) is 17.9. The van der Waals surface area contributed by atoms with Gasteiger partial charge < -0.3 is 19.9 Å². The molecule has 158 valence electrons. The van der Waals surface area contributed by atoms with Gasteiger partial charge in [0, 0.05) is 31.6 Å². The van der Waals surface area contributed by atoms with Crippen molar-refractivity contribution in [2.24, 2.45) is 0 Å². The number of hydrogen-bond acceptors (Lipinski definition) is 5. The number of nitrogens with zero attached hydrogens (tertiary/aromatic N) is 3. The fourth-order valence-electron chi connectivity index (χ4n) is 5.54. The molecule has 1 aliphatic carbocycles. The van der Waals surface area contributed by atoms with Crippen LogP contribution in [-0.2, 0) is 21.4 Å². The van der Waals surface area contributed by atoms with Crippen molar-refractivity contribution in [3.63, 3.8) is 0 Å². The molecule has 7 heteroatoms. The Labute approximate surface area is 173 Å². The van der Waals surface area contributed by atoms with Crippen molar-refractivity contribution >= 4 is 11.8 Å². The first-order chi connectivity index (χ1) is 13.8. The Hall–Kier alpha value is -2.12. The molecule has 3 aliphatic rings. The minimum absolute atomic E-state index is 0.00560. The van der Waals surface area contributed by atoms with Crippen LogP contribution in [0.1, 0.15) is 24.5 Å². The van der Waals surface area contributed by atoms with Crippen molar-refractivity contribution in [2.75, 3.05) is 53.9 Å². The molecule has 1 aromatic carbocycles. The van der Waals surface area contributed by atoms with E-state index in [0.717, 1.165) is 31.7 Å². The number of fused-ring (bicyclic) bond motifs is 4. The summed E-state index contributed by atoms with van der Waals surface area (Å²) < 4.78 is 5.50. The van der Waals surface area contributed by atoms with E-state index in [-0.39, 0.29) is 35.9 Å². The molecule has 29 heavy (non-hydrogen) atoms. The van der Waals surface area contributed by atoms with Gasteiger partial charge in [-0.25, -0.2) is 0 Å². The molecule has 2 bridgehead atoms. The average Bonchev–Trinajstić information content (AvgIpc) is 2.70. The zero-order valence-electron chi connectivity index (χ0n) is 17.9. The number of piperidine rings is 1. The number of hydrogen-bond donors (Lipinski definition) is 1. The quantitative estimate of drug-likeness (QED) is 0.796.